The summed E-state index contributed by atoms with van der Waals surface area (Å²) < 4.78 is 37.3. The van der Waals surface area contributed by atoms with Gasteiger partial charge in [-0.15, -0.1) is 0 Å². The molecule has 0 spiro atoms. The number of anilines is 1. The smallest absolute Gasteiger partial charge is 0.344 e. The molecule has 2 N–H and O–H groups in total. The van der Waals surface area contributed by atoms with Crippen molar-refractivity contribution in [2.75, 3.05) is 11.8 Å². The Balaban J connectivity index is 2.29. The van der Waals surface area contributed by atoms with Gasteiger partial charge in [-0.2, -0.15) is 0 Å². The third-order valence-electron chi connectivity index (χ3n) is 3.44. The molecule has 0 aliphatic rings. The first-order valence-electron chi connectivity index (χ1n) is 7.49. The maximum Gasteiger partial charge on any atom is 0.344 e. The predicted octanol–water partition coefficient (Wildman–Crippen LogP) is 2.26. The normalized spacial score (nSPS) is 12.1. The molecule has 2 aromatic rings. The minimum Gasteiger partial charge on any atom is -0.497 e. The average molecular weight is 396 g/mol. The Bertz CT molecular complexity index is 957. The highest BCUT2D eigenvalue weighted by molar-refractivity contribution is 7.92. The summed E-state index contributed by atoms with van der Waals surface area (Å²) in [7, 11) is -2.79. The summed E-state index contributed by atoms with van der Waals surface area (Å²) in [6.45, 7) is 1.33. The molecule has 1 unspecified atom stereocenters. The second-order valence-electron chi connectivity index (χ2n) is 5.32. The Kier molecular flexibility index (Phi) is 5.85. The molecule has 27 heavy (non-hydrogen) atoms. The number of aliphatic carboxylic acids is 1. The molecular formula is C16H16N2O8S. The number of rotatable bonds is 8. The summed E-state index contributed by atoms with van der Waals surface area (Å²) in [5.41, 5.74) is -0.686. The van der Waals surface area contributed by atoms with E-state index < -0.39 is 32.7 Å². The van der Waals surface area contributed by atoms with Crippen LogP contribution in [0, 0.1) is 10.1 Å². The molecule has 0 aliphatic heterocycles. The lowest BCUT2D eigenvalue weighted by atomic mass is 10.2. The van der Waals surface area contributed by atoms with Gasteiger partial charge in [0.25, 0.3) is 15.7 Å². The van der Waals surface area contributed by atoms with Crippen LogP contribution < -0.4 is 14.2 Å². The van der Waals surface area contributed by atoms with Gasteiger partial charge in [0.1, 0.15) is 17.2 Å². The average Bonchev–Trinajstić information content (AvgIpc) is 2.61. The zero-order valence-corrected chi connectivity index (χ0v) is 15.1. The number of hydrogen-bond donors (Lipinski definition) is 2. The van der Waals surface area contributed by atoms with Gasteiger partial charge in [0.2, 0.25) is 0 Å². The molecular weight excluding hydrogens is 380 g/mol. The Morgan fingerprint density at radius 1 is 1.19 bits per heavy atom. The van der Waals surface area contributed by atoms with Crippen molar-refractivity contribution in [1.82, 2.24) is 0 Å². The monoisotopic (exact) mass is 396 g/mol. The van der Waals surface area contributed by atoms with Crippen molar-refractivity contribution in [3.05, 3.63) is 52.6 Å². The van der Waals surface area contributed by atoms with Gasteiger partial charge in [-0.1, -0.05) is 0 Å². The number of sulfonamides is 1. The Morgan fingerprint density at radius 2 is 1.78 bits per heavy atom. The fraction of sp³-hybridized carbons (Fsp3) is 0.188. The number of carboxylic acid groups (broad SMARTS) is 1. The third kappa shape index (κ3) is 4.85. The van der Waals surface area contributed by atoms with Crippen molar-refractivity contribution in [2.24, 2.45) is 0 Å². The highest BCUT2D eigenvalue weighted by Crippen LogP contribution is 2.31. The van der Waals surface area contributed by atoms with E-state index in [0.29, 0.717) is 0 Å². The van der Waals surface area contributed by atoms with Gasteiger partial charge in [-0.05, 0) is 37.3 Å². The lowest BCUT2D eigenvalue weighted by Gasteiger charge is -2.12. The number of methoxy groups -OCH3 is 1. The number of ether oxygens (including phenoxy) is 2. The molecule has 0 aromatic heterocycles. The first kappa shape index (κ1) is 20.0. The number of carbonyl (C=O) groups is 1. The maximum absolute atomic E-state index is 12.5. The van der Waals surface area contributed by atoms with Crippen LogP contribution in [-0.4, -0.2) is 37.6 Å². The number of carboxylic acids is 1. The first-order chi connectivity index (χ1) is 12.6. The minimum atomic E-state index is -4.14. The molecule has 0 radical (unpaired) electrons. The summed E-state index contributed by atoms with van der Waals surface area (Å²) >= 11 is 0. The molecule has 10 nitrogen and oxygen atoms in total. The van der Waals surface area contributed by atoms with Gasteiger partial charge in [-0.25, -0.2) is 13.2 Å². The topological polar surface area (TPSA) is 145 Å². The van der Waals surface area contributed by atoms with E-state index in [4.69, 9.17) is 14.6 Å². The Labute approximate surface area is 154 Å². The van der Waals surface area contributed by atoms with E-state index >= 15 is 0 Å². The number of nitro groups is 1. The van der Waals surface area contributed by atoms with Gasteiger partial charge in [0, 0.05) is 12.1 Å². The van der Waals surface area contributed by atoms with E-state index in [-0.39, 0.29) is 22.1 Å². The van der Waals surface area contributed by atoms with Gasteiger partial charge in [0.05, 0.1) is 16.9 Å². The van der Waals surface area contributed by atoms with Gasteiger partial charge in [-0.3, -0.25) is 14.8 Å². The van der Waals surface area contributed by atoms with Crippen LogP contribution in [0.1, 0.15) is 6.92 Å². The van der Waals surface area contributed by atoms with Crippen LogP contribution in [0.25, 0.3) is 0 Å². The maximum atomic E-state index is 12.5. The molecule has 0 saturated heterocycles. The number of nitro benzene ring substituents is 1. The zero-order chi connectivity index (χ0) is 20.2. The van der Waals surface area contributed by atoms with Crippen LogP contribution in [0.2, 0.25) is 0 Å². The molecule has 0 aliphatic carbocycles. The van der Waals surface area contributed by atoms with E-state index in [9.17, 15) is 23.3 Å². The van der Waals surface area contributed by atoms with E-state index in [1.54, 1.807) is 0 Å². The quantitative estimate of drug-likeness (QED) is 0.510. The summed E-state index contributed by atoms with van der Waals surface area (Å²) in [4.78, 5) is 21.0. The summed E-state index contributed by atoms with van der Waals surface area (Å²) in [5.74, 6) is -0.764. The standard InChI is InChI=1S/C16H16N2O8S/c1-10(16(19)20)26-11-3-6-13(7-4-11)27(23,24)17-14-9-12(25-2)5-8-15(14)18(21)22/h3-10,17H,1-2H3,(H,19,20). The van der Waals surface area contributed by atoms with Crippen LogP contribution in [0.4, 0.5) is 11.4 Å². The van der Waals surface area contributed by atoms with Crippen LogP contribution in [0.3, 0.4) is 0 Å². The molecule has 0 fully saturated rings. The lowest BCUT2D eigenvalue weighted by molar-refractivity contribution is -0.383. The highest BCUT2D eigenvalue weighted by Gasteiger charge is 2.22. The minimum absolute atomic E-state index is 0.163. The van der Waals surface area contributed by atoms with Gasteiger partial charge < -0.3 is 14.6 Å². The molecule has 144 valence electrons. The SMILES string of the molecule is COc1ccc([N+](=O)[O-])c(NS(=O)(=O)c2ccc(OC(C)C(=O)O)cc2)c1. The number of benzene rings is 2. The van der Waals surface area contributed by atoms with Crippen molar-refractivity contribution in [1.29, 1.82) is 0 Å². The molecule has 1 atom stereocenters. The molecule has 11 heteroatoms. The van der Waals surface area contributed by atoms with E-state index in [1.807, 2.05) is 0 Å². The lowest BCUT2D eigenvalue weighted by Crippen LogP contribution is -2.22. The van der Waals surface area contributed by atoms with Gasteiger partial charge >= 0.3 is 5.97 Å². The zero-order valence-electron chi connectivity index (χ0n) is 14.3. The number of nitrogens with one attached hydrogen (secondary N) is 1. The van der Waals surface area contributed by atoms with Crippen LogP contribution in [0.5, 0.6) is 11.5 Å². The molecule has 2 rings (SSSR count). The van der Waals surface area contributed by atoms with Crippen LogP contribution >= 0.6 is 0 Å². The molecule has 0 amide bonds. The fourth-order valence-electron chi connectivity index (χ4n) is 2.04. The predicted molar refractivity (Wildman–Crippen MR) is 94.6 cm³/mol. The number of nitrogens with zero attached hydrogens (tertiary/aromatic N) is 1. The summed E-state index contributed by atoms with van der Waals surface area (Å²) in [6.07, 6.45) is -1.11. The molecule has 0 bridgehead atoms. The van der Waals surface area contributed by atoms with Crippen LogP contribution in [0.15, 0.2) is 47.4 Å². The van der Waals surface area contributed by atoms with E-state index in [1.165, 1.54) is 50.4 Å². The molecule has 2 aromatic carbocycles. The van der Waals surface area contributed by atoms with Crippen molar-refractivity contribution in [3.8, 4) is 11.5 Å². The van der Waals surface area contributed by atoms with E-state index in [0.717, 1.165) is 6.07 Å². The fourth-order valence-corrected chi connectivity index (χ4v) is 3.10. The largest absolute Gasteiger partial charge is 0.497 e. The first-order valence-corrected chi connectivity index (χ1v) is 8.97. The Morgan fingerprint density at radius 3 is 2.30 bits per heavy atom. The van der Waals surface area contributed by atoms with Crippen molar-refractivity contribution in [2.45, 2.75) is 17.9 Å². The van der Waals surface area contributed by atoms with Crippen LogP contribution in [-0.2, 0) is 14.8 Å². The van der Waals surface area contributed by atoms with Crippen molar-refractivity contribution < 1.29 is 32.7 Å². The summed E-state index contributed by atoms with van der Waals surface area (Å²) in [6, 6.07) is 8.62. The second-order valence-corrected chi connectivity index (χ2v) is 7.00. The van der Waals surface area contributed by atoms with Crippen molar-refractivity contribution in [3.63, 3.8) is 0 Å². The molecule has 0 heterocycles. The number of hydrogen-bond acceptors (Lipinski definition) is 7. The molecule has 0 saturated carbocycles. The Hall–Kier alpha value is -3.34. The van der Waals surface area contributed by atoms with E-state index in [2.05, 4.69) is 4.72 Å². The van der Waals surface area contributed by atoms with Crippen molar-refractivity contribution >= 4 is 27.4 Å². The van der Waals surface area contributed by atoms with Gasteiger partial charge in [0.15, 0.2) is 6.10 Å². The third-order valence-corrected chi connectivity index (χ3v) is 4.82. The summed E-state index contributed by atoms with van der Waals surface area (Å²) in [5, 5.41) is 19.9. The second kappa shape index (κ2) is 7.91. The highest BCUT2D eigenvalue weighted by atomic mass is 32.2.